The van der Waals surface area contributed by atoms with Gasteiger partial charge in [-0.1, -0.05) is 224 Å². The van der Waals surface area contributed by atoms with Gasteiger partial charge in [-0.2, -0.15) is 8.42 Å². The molecule has 0 aromatic carbocycles. The predicted molar refractivity (Wildman–Crippen MR) is 270 cm³/mol. The van der Waals surface area contributed by atoms with Crippen molar-refractivity contribution in [1.82, 2.24) is 5.32 Å². The first-order chi connectivity index (χ1) is 32.4. The molecule has 0 aromatic heterocycles. The number of carbonyl (C=O) groups is 1. The number of rotatable bonds is 46. The van der Waals surface area contributed by atoms with E-state index in [0.717, 1.165) is 44.9 Å². The first kappa shape index (κ1) is 63.3. The Morgan fingerprint density at radius 3 is 1.43 bits per heavy atom. The Balaban J connectivity index is 2.53. The van der Waals surface area contributed by atoms with Gasteiger partial charge in [-0.15, -0.1) is 0 Å². The summed E-state index contributed by atoms with van der Waals surface area (Å²) in [6.07, 6.45) is 40.8. The average Bonchev–Trinajstić information content (AvgIpc) is 3.30. The lowest BCUT2D eigenvalue weighted by Gasteiger charge is -2.41. The zero-order valence-corrected chi connectivity index (χ0v) is 42.9. The van der Waals surface area contributed by atoms with Crippen LogP contribution >= 0.6 is 0 Å². The van der Waals surface area contributed by atoms with E-state index in [-0.39, 0.29) is 6.42 Å². The van der Waals surface area contributed by atoms with Crippen LogP contribution in [0.15, 0.2) is 36.5 Å². The molecule has 8 atom stereocenters. The number of hydrogen-bond donors (Lipinski definition) is 7. The highest BCUT2D eigenvalue weighted by Gasteiger charge is 2.48. The van der Waals surface area contributed by atoms with E-state index < -0.39 is 78.5 Å². The van der Waals surface area contributed by atoms with Gasteiger partial charge in [0.1, 0.15) is 30.5 Å². The van der Waals surface area contributed by atoms with Crippen LogP contribution in [-0.4, -0.2) is 107 Å². The molecule has 1 fully saturated rings. The summed E-state index contributed by atoms with van der Waals surface area (Å²) < 4.78 is 47.7. The first-order valence-corrected chi connectivity index (χ1v) is 28.3. The van der Waals surface area contributed by atoms with Gasteiger partial charge in [-0.25, -0.2) is 4.18 Å². The molecule has 0 bridgehead atoms. The number of aliphatic hydroxyl groups is 5. The van der Waals surface area contributed by atoms with Crippen LogP contribution in [0.1, 0.15) is 232 Å². The summed E-state index contributed by atoms with van der Waals surface area (Å²) in [6, 6.07) is -1.14. The minimum atomic E-state index is -5.13. The maximum atomic E-state index is 13.2. The smallest absolute Gasteiger partial charge is 0.394 e. The third-order valence-corrected chi connectivity index (χ3v) is 13.2. The Kier molecular flexibility index (Phi) is 40.7. The van der Waals surface area contributed by atoms with Crippen molar-refractivity contribution < 1.29 is 57.0 Å². The Labute approximate surface area is 408 Å². The molecule has 0 aliphatic carbocycles. The average molecular weight is 974 g/mol. The fourth-order valence-corrected chi connectivity index (χ4v) is 9.00. The normalized spacial score (nSPS) is 20.6. The molecule has 0 aromatic rings. The second-order valence-electron chi connectivity index (χ2n) is 18.9. The third-order valence-electron chi connectivity index (χ3n) is 12.8. The number of carbonyl (C=O) groups excluding carboxylic acids is 1. The summed E-state index contributed by atoms with van der Waals surface area (Å²) in [6.45, 7) is 3.23. The topological polar surface area (TPSA) is 212 Å². The fourth-order valence-electron chi connectivity index (χ4n) is 8.49. The maximum absolute atomic E-state index is 13.2. The third kappa shape index (κ3) is 35.1. The summed E-state index contributed by atoms with van der Waals surface area (Å²) in [4.78, 5) is 13.2. The minimum absolute atomic E-state index is 0.237. The number of aliphatic hydroxyl groups excluding tert-OH is 5. The van der Waals surface area contributed by atoms with Crippen LogP contribution in [0.3, 0.4) is 0 Å². The van der Waals surface area contributed by atoms with Crippen molar-refractivity contribution >= 4 is 16.3 Å². The number of hydrogen-bond acceptors (Lipinski definition) is 11. The van der Waals surface area contributed by atoms with E-state index in [1.165, 1.54) is 160 Å². The minimum Gasteiger partial charge on any atom is -0.394 e. The van der Waals surface area contributed by atoms with Crippen LogP contribution < -0.4 is 5.32 Å². The van der Waals surface area contributed by atoms with Gasteiger partial charge in [0.25, 0.3) is 0 Å². The molecule has 0 spiro atoms. The Bertz CT molecular complexity index is 1350. The molecule has 1 aliphatic heterocycles. The van der Waals surface area contributed by atoms with Gasteiger partial charge in [0.15, 0.2) is 6.29 Å². The van der Waals surface area contributed by atoms with E-state index in [1.54, 1.807) is 6.08 Å². The van der Waals surface area contributed by atoms with E-state index in [2.05, 4.69) is 47.7 Å². The lowest BCUT2D eigenvalue weighted by molar-refractivity contribution is -0.298. The molecule has 8 unspecified atom stereocenters. The Hall–Kier alpha value is -1.72. The van der Waals surface area contributed by atoms with Crippen molar-refractivity contribution in [3.63, 3.8) is 0 Å². The van der Waals surface area contributed by atoms with Gasteiger partial charge in [0.05, 0.1) is 25.4 Å². The number of nitrogens with one attached hydrogen (secondary N) is 1. The lowest BCUT2D eigenvalue weighted by Crippen LogP contribution is -2.61. The molecule has 1 rings (SSSR count). The monoisotopic (exact) mass is 974 g/mol. The summed E-state index contributed by atoms with van der Waals surface area (Å²) in [5, 5.41) is 55.4. The number of unbranched alkanes of at least 4 members (excludes halogenated alkanes) is 29. The van der Waals surface area contributed by atoms with E-state index in [0.29, 0.717) is 12.8 Å². The van der Waals surface area contributed by atoms with E-state index >= 15 is 0 Å². The standard InChI is InChI=1S/C53H99NO12S/c1-3-5-7-9-11-13-15-17-19-21-23-24-26-27-29-31-33-35-37-39-41-46(56)45(44-64-53-50(59)51(66-67(61,62)63)49(58)48(43-55)65-53)54-52(60)47(57)42-40-38-36-34-32-30-28-25-22-20-18-16-14-12-10-8-6-4-2/h24,26,31,33,39,41,45-51,53,55-59H,3-23,25,27-30,32,34-38,40,42-44H2,1-2H3,(H,54,60)(H,61,62,63)/b26-24+,33-31+,41-39+. The van der Waals surface area contributed by atoms with Crippen LogP contribution in [0.4, 0.5) is 0 Å². The van der Waals surface area contributed by atoms with Crippen LogP contribution in [0.25, 0.3) is 0 Å². The maximum Gasteiger partial charge on any atom is 0.397 e. The molecule has 1 amide bonds. The molecule has 394 valence electrons. The SMILES string of the molecule is CCCCCCCCCCCC/C=C/CC/C=C/CC/C=C/C(O)C(COC1OC(CO)C(O)C(OS(=O)(=O)O)C1O)NC(=O)C(O)CCCCCCCCCCCCCCCCCCCC. The molecule has 7 N–H and O–H groups in total. The second kappa shape index (κ2) is 43.1. The van der Waals surface area contributed by atoms with Crippen LogP contribution in [0.5, 0.6) is 0 Å². The largest absolute Gasteiger partial charge is 0.397 e. The molecule has 1 saturated heterocycles. The van der Waals surface area contributed by atoms with Crippen molar-refractivity contribution in [2.75, 3.05) is 13.2 Å². The number of ether oxygens (including phenoxy) is 2. The highest BCUT2D eigenvalue weighted by molar-refractivity contribution is 7.80. The lowest BCUT2D eigenvalue weighted by atomic mass is 9.99. The Morgan fingerprint density at radius 1 is 0.597 bits per heavy atom. The molecule has 0 saturated carbocycles. The van der Waals surface area contributed by atoms with Crippen molar-refractivity contribution in [3.05, 3.63) is 36.5 Å². The summed E-state index contributed by atoms with van der Waals surface area (Å²) >= 11 is 0. The zero-order chi connectivity index (χ0) is 49.2. The van der Waals surface area contributed by atoms with Crippen molar-refractivity contribution in [1.29, 1.82) is 0 Å². The summed E-state index contributed by atoms with van der Waals surface area (Å²) in [5.74, 6) is -0.713. The molecule has 1 aliphatic rings. The molecule has 14 heteroatoms. The Morgan fingerprint density at radius 2 is 1.00 bits per heavy atom. The van der Waals surface area contributed by atoms with Gasteiger partial charge in [0.2, 0.25) is 5.91 Å². The van der Waals surface area contributed by atoms with Gasteiger partial charge in [-0.3, -0.25) is 9.35 Å². The molecular weight excluding hydrogens is 875 g/mol. The van der Waals surface area contributed by atoms with Gasteiger partial charge in [-0.05, 0) is 44.9 Å². The van der Waals surface area contributed by atoms with E-state index in [4.69, 9.17) is 9.47 Å². The predicted octanol–water partition coefficient (Wildman–Crippen LogP) is 10.8. The van der Waals surface area contributed by atoms with Crippen molar-refractivity contribution in [3.8, 4) is 0 Å². The fraction of sp³-hybridized carbons (Fsp3) is 0.868. The van der Waals surface area contributed by atoms with Crippen molar-refractivity contribution in [2.24, 2.45) is 0 Å². The molecular formula is C53H99NO12S. The highest BCUT2D eigenvalue weighted by Crippen LogP contribution is 2.26. The summed E-state index contributed by atoms with van der Waals surface area (Å²) in [7, 11) is -5.13. The second-order valence-corrected chi connectivity index (χ2v) is 20.0. The highest BCUT2D eigenvalue weighted by atomic mass is 32.3. The van der Waals surface area contributed by atoms with Gasteiger partial charge >= 0.3 is 10.4 Å². The van der Waals surface area contributed by atoms with Gasteiger partial charge < -0.3 is 40.3 Å². The molecule has 1 heterocycles. The van der Waals surface area contributed by atoms with Crippen LogP contribution in [-0.2, 0) is 28.9 Å². The zero-order valence-electron chi connectivity index (χ0n) is 42.1. The molecule has 67 heavy (non-hydrogen) atoms. The van der Waals surface area contributed by atoms with Crippen molar-refractivity contribution in [2.45, 2.75) is 281 Å². The quantitative estimate of drug-likeness (QED) is 0.0173. The first-order valence-electron chi connectivity index (χ1n) is 27.0. The van der Waals surface area contributed by atoms with Crippen LogP contribution in [0.2, 0.25) is 0 Å². The van der Waals surface area contributed by atoms with Gasteiger partial charge in [0, 0.05) is 0 Å². The van der Waals surface area contributed by atoms with E-state index in [9.17, 15) is 43.3 Å². The van der Waals surface area contributed by atoms with E-state index in [1.807, 2.05) is 0 Å². The number of allylic oxidation sites excluding steroid dienone is 5. The van der Waals surface area contributed by atoms with Crippen LogP contribution in [0, 0.1) is 0 Å². The molecule has 13 nitrogen and oxygen atoms in total. The molecule has 0 radical (unpaired) electrons. The number of amides is 1. The summed E-state index contributed by atoms with van der Waals surface area (Å²) in [5.41, 5.74) is 0.